The lowest BCUT2D eigenvalue weighted by atomic mass is 10.2. The number of hydrogen-bond acceptors (Lipinski definition) is 3. The number of benzene rings is 1. The van der Waals surface area contributed by atoms with Gasteiger partial charge < -0.3 is 15.0 Å². The van der Waals surface area contributed by atoms with E-state index in [4.69, 9.17) is 0 Å². The molecular formula is C16H23N3O3. The molecule has 0 atom stereocenters. The number of carbonyl (C=O) groups excluding carboxylic acids is 2. The molecule has 6 nitrogen and oxygen atoms in total. The van der Waals surface area contributed by atoms with E-state index in [-0.39, 0.29) is 6.03 Å². The van der Waals surface area contributed by atoms with Crippen molar-refractivity contribution in [1.29, 1.82) is 0 Å². The van der Waals surface area contributed by atoms with Gasteiger partial charge in [0.1, 0.15) is 0 Å². The van der Waals surface area contributed by atoms with Gasteiger partial charge in [0.05, 0.1) is 7.11 Å². The second-order valence-electron chi connectivity index (χ2n) is 5.52. The SMILES string of the molecule is CCCN(CC1CC1)C(=O)Nc1cccc(NC(=O)OC)c1. The fourth-order valence-corrected chi connectivity index (χ4v) is 2.20. The van der Waals surface area contributed by atoms with E-state index in [1.165, 1.54) is 20.0 Å². The van der Waals surface area contributed by atoms with Crippen LogP contribution >= 0.6 is 0 Å². The molecule has 1 aliphatic rings. The average molecular weight is 305 g/mol. The monoisotopic (exact) mass is 305 g/mol. The fraction of sp³-hybridized carbons (Fsp3) is 0.500. The van der Waals surface area contributed by atoms with Crippen LogP contribution in [0, 0.1) is 5.92 Å². The van der Waals surface area contributed by atoms with Gasteiger partial charge in [0, 0.05) is 24.5 Å². The summed E-state index contributed by atoms with van der Waals surface area (Å²) in [5.74, 6) is 0.657. The normalized spacial score (nSPS) is 13.4. The zero-order valence-corrected chi connectivity index (χ0v) is 13.1. The summed E-state index contributed by atoms with van der Waals surface area (Å²) in [6.07, 6.45) is 2.83. The van der Waals surface area contributed by atoms with Crippen LogP contribution in [0.25, 0.3) is 0 Å². The molecule has 0 bridgehead atoms. The quantitative estimate of drug-likeness (QED) is 0.844. The number of rotatable bonds is 6. The second-order valence-corrected chi connectivity index (χ2v) is 5.52. The minimum absolute atomic E-state index is 0.0935. The van der Waals surface area contributed by atoms with Crippen molar-refractivity contribution >= 4 is 23.5 Å². The summed E-state index contributed by atoms with van der Waals surface area (Å²) in [5.41, 5.74) is 1.23. The highest BCUT2D eigenvalue weighted by molar-refractivity contribution is 5.91. The van der Waals surface area contributed by atoms with Crippen molar-refractivity contribution in [3.05, 3.63) is 24.3 Å². The molecule has 1 saturated carbocycles. The first-order valence-electron chi connectivity index (χ1n) is 7.63. The number of nitrogens with zero attached hydrogens (tertiary/aromatic N) is 1. The summed E-state index contributed by atoms with van der Waals surface area (Å²) in [6.45, 7) is 3.64. The first-order chi connectivity index (χ1) is 10.6. The third-order valence-corrected chi connectivity index (χ3v) is 3.50. The van der Waals surface area contributed by atoms with Crippen molar-refractivity contribution in [2.75, 3.05) is 30.8 Å². The van der Waals surface area contributed by atoms with E-state index in [1.54, 1.807) is 24.3 Å². The average Bonchev–Trinajstić information content (AvgIpc) is 3.31. The molecule has 0 saturated heterocycles. The van der Waals surface area contributed by atoms with E-state index in [0.29, 0.717) is 17.3 Å². The molecule has 2 N–H and O–H groups in total. The zero-order chi connectivity index (χ0) is 15.9. The molecule has 2 rings (SSSR count). The van der Waals surface area contributed by atoms with Crippen LogP contribution in [0.1, 0.15) is 26.2 Å². The summed E-state index contributed by atoms with van der Waals surface area (Å²) in [4.78, 5) is 25.4. The van der Waals surface area contributed by atoms with Crippen LogP contribution in [0.15, 0.2) is 24.3 Å². The minimum atomic E-state index is -0.537. The third kappa shape index (κ3) is 4.95. The lowest BCUT2D eigenvalue weighted by Crippen LogP contribution is -2.37. The Morgan fingerprint density at radius 2 is 1.95 bits per heavy atom. The topological polar surface area (TPSA) is 70.7 Å². The van der Waals surface area contributed by atoms with Crippen molar-refractivity contribution < 1.29 is 14.3 Å². The molecule has 0 spiro atoms. The van der Waals surface area contributed by atoms with Crippen LogP contribution in [0.5, 0.6) is 0 Å². The Labute approximate surface area is 130 Å². The van der Waals surface area contributed by atoms with Gasteiger partial charge in [0.2, 0.25) is 0 Å². The predicted octanol–water partition coefficient (Wildman–Crippen LogP) is 3.52. The smallest absolute Gasteiger partial charge is 0.411 e. The van der Waals surface area contributed by atoms with Gasteiger partial charge in [0.25, 0.3) is 0 Å². The fourth-order valence-electron chi connectivity index (χ4n) is 2.20. The lowest BCUT2D eigenvalue weighted by molar-refractivity contribution is 0.187. The Morgan fingerprint density at radius 1 is 1.27 bits per heavy atom. The highest BCUT2D eigenvalue weighted by atomic mass is 16.5. The highest BCUT2D eigenvalue weighted by Crippen LogP contribution is 2.30. The Balaban J connectivity index is 1.96. The zero-order valence-electron chi connectivity index (χ0n) is 13.1. The Kier molecular flexibility index (Phi) is 5.63. The summed E-state index contributed by atoms with van der Waals surface area (Å²) in [7, 11) is 1.31. The van der Waals surface area contributed by atoms with Gasteiger partial charge in [-0.1, -0.05) is 13.0 Å². The largest absolute Gasteiger partial charge is 0.453 e. The van der Waals surface area contributed by atoms with Crippen LogP contribution in [-0.4, -0.2) is 37.2 Å². The van der Waals surface area contributed by atoms with Crippen molar-refractivity contribution in [2.45, 2.75) is 26.2 Å². The summed E-state index contributed by atoms with van der Waals surface area (Å²) in [6, 6.07) is 6.91. The van der Waals surface area contributed by atoms with Gasteiger partial charge in [-0.25, -0.2) is 9.59 Å². The first-order valence-corrected chi connectivity index (χ1v) is 7.63. The van der Waals surface area contributed by atoms with Crippen molar-refractivity contribution in [3.63, 3.8) is 0 Å². The Morgan fingerprint density at radius 3 is 2.55 bits per heavy atom. The summed E-state index contributed by atoms with van der Waals surface area (Å²) < 4.78 is 4.55. The van der Waals surface area contributed by atoms with E-state index in [0.717, 1.165) is 19.5 Å². The number of anilines is 2. The number of amides is 3. The van der Waals surface area contributed by atoms with Crippen molar-refractivity contribution in [3.8, 4) is 0 Å². The molecule has 6 heteroatoms. The number of ether oxygens (including phenoxy) is 1. The molecule has 1 aromatic rings. The number of methoxy groups -OCH3 is 1. The number of carbonyl (C=O) groups is 2. The maximum atomic E-state index is 12.4. The molecule has 3 amide bonds. The van der Waals surface area contributed by atoms with E-state index in [1.807, 2.05) is 4.90 Å². The van der Waals surface area contributed by atoms with Crippen LogP contribution < -0.4 is 10.6 Å². The molecule has 1 aromatic carbocycles. The van der Waals surface area contributed by atoms with Gasteiger partial charge in [-0.3, -0.25) is 5.32 Å². The number of nitrogens with one attached hydrogen (secondary N) is 2. The molecule has 1 fully saturated rings. The maximum Gasteiger partial charge on any atom is 0.411 e. The van der Waals surface area contributed by atoms with Crippen molar-refractivity contribution in [2.24, 2.45) is 5.92 Å². The van der Waals surface area contributed by atoms with Gasteiger partial charge in [0.15, 0.2) is 0 Å². The van der Waals surface area contributed by atoms with Gasteiger partial charge in [-0.2, -0.15) is 0 Å². The molecular weight excluding hydrogens is 282 g/mol. The molecule has 0 unspecified atom stereocenters. The first kappa shape index (κ1) is 16.1. The summed E-state index contributed by atoms with van der Waals surface area (Å²) in [5, 5.41) is 5.46. The van der Waals surface area contributed by atoms with Crippen molar-refractivity contribution in [1.82, 2.24) is 4.90 Å². The van der Waals surface area contributed by atoms with E-state index in [9.17, 15) is 9.59 Å². The van der Waals surface area contributed by atoms with Crippen LogP contribution in [0.2, 0.25) is 0 Å². The molecule has 0 aromatic heterocycles. The Bertz CT molecular complexity index is 529. The molecule has 0 aliphatic heterocycles. The van der Waals surface area contributed by atoms with Gasteiger partial charge in [-0.15, -0.1) is 0 Å². The molecule has 22 heavy (non-hydrogen) atoms. The maximum absolute atomic E-state index is 12.4. The van der Waals surface area contributed by atoms with E-state index < -0.39 is 6.09 Å². The van der Waals surface area contributed by atoms with E-state index >= 15 is 0 Å². The number of urea groups is 1. The van der Waals surface area contributed by atoms with E-state index in [2.05, 4.69) is 22.3 Å². The Hall–Kier alpha value is -2.24. The molecule has 1 aliphatic carbocycles. The highest BCUT2D eigenvalue weighted by Gasteiger charge is 2.26. The minimum Gasteiger partial charge on any atom is -0.453 e. The third-order valence-electron chi connectivity index (χ3n) is 3.50. The van der Waals surface area contributed by atoms with Gasteiger partial charge >= 0.3 is 12.1 Å². The molecule has 0 heterocycles. The lowest BCUT2D eigenvalue weighted by Gasteiger charge is -2.22. The standard InChI is InChI=1S/C16H23N3O3/c1-3-9-19(11-12-7-8-12)15(20)17-13-5-4-6-14(10-13)18-16(21)22-2/h4-6,10,12H,3,7-9,11H2,1-2H3,(H,17,20)(H,18,21). The van der Waals surface area contributed by atoms with Crippen LogP contribution in [0.3, 0.4) is 0 Å². The summed E-state index contributed by atoms with van der Waals surface area (Å²) >= 11 is 0. The molecule has 0 radical (unpaired) electrons. The molecule has 120 valence electrons. The van der Waals surface area contributed by atoms with Crippen LogP contribution in [0.4, 0.5) is 21.0 Å². The second kappa shape index (κ2) is 7.68. The van der Waals surface area contributed by atoms with Gasteiger partial charge in [-0.05, 0) is 43.4 Å². The van der Waals surface area contributed by atoms with Crippen LogP contribution in [-0.2, 0) is 4.74 Å². The number of hydrogen-bond donors (Lipinski definition) is 2. The predicted molar refractivity (Wildman–Crippen MR) is 86.1 cm³/mol.